The molecule has 1 aromatic carbocycles. The summed E-state index contributed by atoms with van der Waals surface area (Å²) in [6, 6.07) is 8.35. The van der Waals surface area contributed by atoms with Crippen LogP contribution in [0.25, 0.3) is 0 Å². The van der Waals surface area contributed by atoms with Gasteiger partial charge in [-0.2, -0.15) is 0 Å². The molecule has 1 nitrogen and oxygen atoms in total. The summed E-state index contributed by atoms with van der Waals surface area (Å²) in [5.41, 5.74) is 8.27. The van der Waals surface area contributed by atoms with Gasteiger partial charge in [-0.3, -0.25) is 0 Å². The van der Waals surface area contributed by atoms with Gasteiger partial charge in [-0.1, -0.05) is 0 Å². The Morgan fingerprint density at radius 3 is 2.58 bits per heavy atom. The summed E-state index contributed by atoms with van der Waals surface area (Å²) in [6.45, 7) is 0.646. The Morgan fingerprint density at radius 2 is 2.00 bits per heavy atom. The van der Waals surface area contributed by atoms with E-state index >= 15 is 0 Å². The van der Waals surface area contributed by atoms with Crippen molar-refractivity contribution in [1.29, 1.82) is 0 Å². The molecule has 12 heavy (non-hydrogen) atoms. The molecule has 0 fully saturated rings. The quantitative estimate of drug-likeness (QED) is 0.666. The summed E-state index contributed by atoms with van der Waals surface area (Å²) in [7, 11) is 0. The average molecular weight is 284 g/mol. The molecule has 0 amide bonds. The van der Waals surface area contributed by atoms with E-state index in [0.717, 1.165) is 0 Å². The van der Waals surface area contributed by atoms with Gasteiger partial charge in [0.1, 0.15) is 0 Å². The van der Waals surface area contributed by atoms with Crippen LogP contribution < -0.4 is 5.73 Å². The van der Waals surface area contributed by atoms with Crippen molar-refractivity contribution in [2.45, 2.75) is 11.0 Å². The molecule has 0 unspecified atom stereocenters. The minimum absolute atomic E-state index is 0.425. The SMILES string of the molecule is NCc1ccccc1[CH2][Sn][CH]=S. The Kier molecular flexibility index (Phi) is 4.80. The molecule has 0 bridgehead atoms. The molecule has 0 aromatic heterocycles. The summed E-state index contributed by atoms with van der Waals surface area (Å²) in [6.07, 6.45) is 0. The van der Waals surface area contributed by atoms with Gasteiger partial charge < -0.3 is 0 Å². The number of rotatable bonds is 4. The second kappa shape index (κ2) is 5.67. The van der Waals surface area contributed by atoms with E-state index in [1.54, 1.807) is 0 Å². The first kappa shape index (κ1) is 10.2. The number of hydrogen-bond donors (Lipinski definition) is 1. The molecule has 0 aliphatic rings. The predicted octanol–water partition coefficient (Wildman–Crippen LogP) is 1.31. The molecular formula is C9H11NSSn. The predicted molar refractivity (Wildman–Crippen MR) is 57.4 cm³/mol. The van der Waals surface area contributed by atoms with Crippen LogP contribution in [0.4, 0.5) is 0 Å². The summed E-state index contributed by atoms with van der Waals surface area (Å²) in [4.78, 5) is 0. The molecule has 2 radical (unpaired) electrons. The van der Waals surface area contributed by atoms with Gasteiger partial charge in [0.15, 0.2) is 0 Å². The van der Waals surface area contributed by atoms with Crippen LogP contribution in [0.2, 0.25) is 0 Å². The van der Waals surface area contributed by atoms with Crippen LogP contribution in [-0.4, -0.2) is 24.5 Å². The molecule has 2 N–H and O–H groups in total. The van der Waals surface area contributed by atoms with Gasteiger partial charge in [0.05, 0.1) is 0 Å². The van der Waals surface area contributed by atoms with Crippen LogP contribution in [0.1, 0.15) is 11.1 Å². The fraction of sp³-hybridized carbons (Fsp3) is 0.222. The summed E-state index contributed by atoms with van der Waals surface area (Å²) in [5.74, 6) is 0. The molecule has 0 saturated carbocycles. The third-order valence-electron chi connectivity index (χ3n) is 1.71. The Balaban J connectivity index is 2.74. The second-order valence-corrected chi connectivity index (χ2v) is 6.90. The van der Waals surface area contributed by atoms with Gasteiger partial charge in [-0.25, -0.2) is 0 Å². The van der Waals surface area contributed by atoms with E-state index in [-0.39, 0.29) is 0 Å². The maximum atomic E-state index is 5.61. The fourth-order valence-electron chi connectivity index (χ4n) is 1.08. The summed E-state index contributed by atoms with van der Waals surface area (Å²) in [5, 5.41) is 0. The summed E-state index contributed by atoms with van der Waals surface area (Å²) < 4.78 is 3.12. The minimum atomic E-state index is -0.425. The maximum absolute atomic E-state index is 5.61. The van der Waals surface area contributed by atoms with Crippen molar-refractivity contribution in [1.82, 2.24) is 0 Å². The van der Waals surface area contributed by atoms with Gasteiger partial charge in [0.2, 0.25) is 0 Å². The molecule has 3 heteroatoms. The van der Waals surface area contributed by atoms with E-state index in [4.69, 9.17) is 18.0 Å². The van der Waals surface area contributed by atoms with Crippen LogP contribution >= 0.6 is 12.2 Å². The molecule has 1 rings (SSSR count). The van der Waals surface area contributed by atoms with Gasteiger partial charge >= 0.3 is 88.9 Å². The van der Waals surface area contributed by atoms with Crippen molar-refractivity contribution >= 4 is 36.7 Å². The Labute approximate surface area is 88.6 Å². The number of hydrogen-bond acceptors (Lipinski definition) is 2. The fourth-order valence-corrected chi connectivity index (χ4v) is 3.49. The third kappa shape index (κ3) is 2.84. The van der Waals surface area contributed by atoms with Crippen LogP contribution in [0.5, 0.6) is 0 Å². The number of thiocarbonyl (C=S) groups is 1. The molecule has 0 atom stereocenters. The second-order valence-electron chi connectivity index (χ2n) is 2.47. The van der Waals surface area contributed by atoms with Gasteiger partial charge in [-0.05, 0) is 0 Å². The average Bonchev–Trinajstić information content (AvgIpc) is 2.15. The van der Waals surface area contributed by atoms with Gasteiger partial charge in [0.25, 0.3) is 0 Å². The van der Waals surface area contributed by atoms with Crippen molar-refractivity contribution in [3.63, 3.8) is 0 Å². The molecule has 0 heterocycles. The van der Waals surface area contributed by atoms with Crippen molar-refractivity contribution in [3.05, 3.63) is 35.4 Å². The number of nitrogens with two attached hydrogens (primary N) is 1. The molecule has 0 aliphatic heterocycles. The zero-order chi connectivity index (χ0) is 8.81. The molecule has 1 aromatic rings. The van der Waals surface area contributed by atoms with E-state index < -0.39 is 21.1 Å². The van der Waals surface area contributed by atoms with E-state index in [1.807, 2.05) is 9.45 Å². The Morgan fingerprint density at radius 1 is 1.33 bits per heavy atom. The zero-order valence-corrected chi connectivity index (χ0v) is 10.5. The monoisotopic (exact) mass is 285 g/mol. The van der Waals surface area contributed by atoms with E-state index in [2.05, 4.69) is 18.2 Å². The molecule has 0 spiro atoms. The van der Waals surface area contributed by atoms with Gasteiger partial charge in [-0.15, -0.1) is 0 Å². The van der Waals surface area contributed by atoms with E-state index in [0.29, 0.717) is 6.54 Å². The first-order valence-corrected chi connectivity index (χ1v) is 7.96. The van der Waals surface area contributed by atoms with Crippen molar-refractivity contribution in [3.8, 4) is 0 Å². The molecule has 0 aliphatic carbocycles. The van der Waals surface area contributed by atoms with Crippen LogP contribution in [0, 0.1) is 0 Å². The van der Waals surface area contributed by atoms with Crippen LogP contribution in [-0.2, 0) is 11.0 Å². The number of benzene rings is 1. The van der Waals surface area contributed by atoms with Crippen molar-refractivity contribution < 1.29 is 0 Å². The van der Waals surface area contributed by atoms with Crippen molar-refractivity contribution in [2.75, 3.05) is 0 Å². The van der Waals surface area contributed by atoms with Crippen LogP contribution in [0.15, 0.2) is 24.3 Å². The first-order chi connectivity index (χ1) is 5.88. The van der Waals surface area contributed by atoms with E-state index in [1.165, 1.54) is 15.6 Å². The third-order valence-corrected chi connectivity index (χ3v) is 4.98. The molecular weight excluding hydrogens is 273 g/mol. The zero-order valence-electron chi connectivity index (χ0n) is 6.79. The normalized spacial score (nSPS) is 9.75. The Bertz CT molecular complexity index is 262. The molecule has 0 saturated heterocycles. The van der Waals surface area contributed by atoms with Gasteiger partial charge in [0, 0.05) is 0 Å². The van der Waals surface area contributed by atoms with Crippen LogP contribution in [0.3, 0.4) is 0 Å². The topological polar surface area (TPSA) is 26.0 Å². The Hall–Kier alpha value is 0.0687. The standard InChI is InChI=1S/C8H10N.CHS.Sn/c1-7-4-2-3-5-8(7)6-9;1-2;/h2-5H,1,6,9H2;1H;. The summed E-state index contributed by atoms with van der Waals surface area (Å²) >= 11 is 4.43. The first-order valence-electron chi connectivity index (χ1n) is 3.82. The molecule has 62 valence electrons. The van der Waals surface area contributed by atoms with Crippen molar-refractivity contribution in [2.24, 2.45) is 5.73 Å². The van der Waals surface area contributed by atoms with E-state index in [9.17, 15) is 0 Å².